The number of nitrogens with zero attached hydrogens (tertiary/aromatic N) is 1. The fourth-order valence-corrected chi connectivity index (χ4v) is 2.42. The van der Waals surface area contributed by atoms with Crippen molar-refractivity contribution in [1.29, 1.82) is 0 Å². The number of para-hydroxylation sites is 1. The number of halogens is 3. The van der Waals surface area contributed by atoms with Gasteiger partial charge in [-0.05, 0) is 36.2 Å². The molecule has 0 fully saturated rings. The van der Waals surface area contributed by atoms with E-state index in [0.717, 1.165) is 30.8 Å². The smallest absolute Gasteiger partial charge is 0.375 e. The standard InChI is InChI=1S/C19H21F3N2O/c1-24(17-6-3-2-4-7-17)13-5-12-23-18(25)14-15-8-10-16(11-9-15)19(20,21)22/h2-4,6-11H,5,12-14H2,1H3,(H,23,25). The first kappa shape index (κ1) is 18.8. The Kier molecular flexibility index (Phi) is 6.44. The monoisotopic (exact) mass is 350 g/mol. The molecule has 0 spiro atoms. The number of benzene rings is 2. The van der Waals surface area contributed by atoms with Crippen molar-refractivity contribution in [1.82, 2.24) is 5.32 Å². The van der Waals surface area contributed by atoms with Crippen molar-refractivity contribution >= 4 is 11.6 Å². The minimum Gasteiger partial charge on any atom is -0.375 e. The minimum atomic E-state index is -4.36. The van der Waals surface area contributed by atoms with E-state index in [2.05, 4.69) is 10.2 Å². The van der Waals surface area contributed by atoms with Crippen LogP contribution in [0.2, 0.25) is 0 Å². The Morgan fingerprint density at radius 2 is 1.68 bits per heavy atom. The van der Waals surface area contributed by atoms with Crippen molar-refractivity contribution in [3.05, 3.63) is 65.7 Å². The molecule has 0 aromatic heterocycles. The van der Waals surface area contributed by atoms with Crippen LogP contribution in [0.1, 0.15) is 17.5 Å². The van der Waals surface area contributed by atoms with Gasteiger partial charge in [0.1, 0.15) is 0 Å². The van der Waals surface area contributed by atoms with E-state index in [9.17, 15) is 18.0 Å². The molecule has 0 aliphatic heterocycles. The molecule has 0 heterocycles. The van der Waals surface area contributed by atoms with Gasteiger partial charge in [0.2, 0.25) is 5.91 Å². The number of nitrogens with one attached hydrogen (secondary N) is 1. The van der Waals surface area contributed by atoms with Crippen molar-refractivity contribution in [3.8, 4) is 0 Å². The molecule has 0 aliphatic carbocycles. The predicted molar refractivity (Wildman–Crippen MR) is 92.5 cm³/mol. The summed E-state index contributed by atoms with van der Waals surface area (Å²) in [7, 11) is 1.99. The molecule has 2 aromatic rings. The summed E-state index contributed by atoms with van der Waals surface area (Å²) in [5, 5.41) is 2.79. The molecule has 0 aliphatic rings. The van der Waals surface area contributed by atoms with Gasteiger partial charge in [-0.15, -0.1) is 0 Å². The van der Waals surface area contributed by atoms with E-state index in [1.807, 2.05) is 37.4 Å². The summed E-state index contributed by atoms with van der Waals surface area (Å²) >= 11 is 0. The number of hydrogen-bond acceptors (Lipinski definition) is 2. The molecule has 0 bridgehead atoms. The van der Waals surface area contributed by atoms with Gasteiger partial charge in [0.15, 0.2) is 0 Å². The lowest BCUT2D eigenvalue weighted by Gasteiger charge is -2.19. The van der Waals surface area contributed by atoms with Crippen LogP contribution in [-0.4, -0.2) is 26.0 Å². The zero-order valence-corrected chi connectivity index (χ0v) is 14.0. The molecule has 0 saturated heterocycles. The molecular formula is C19H21F3N2O. The first-order valence-electron chi connectivity index (χ1n) is 8.05. The fourth-order valence-electron chi connectivity index (χ4n) is 2.42. The maximum atomic E-state index is 12.5. The van der Waals surface area contributed by atoms with E-state index in [0.29, 0.717) is 12.1 Å². The van der Waals surface area contributed by atoms with E-state index in [1.165, 1.54) is 12.1 Å². The lowest BCUT2D eigenvalue weighted by molar-refractivity contribution is -0.137. The second kappa shape index (κ2) is 8.55. The van der Waals surface area contributed by atoms with Gasteiger partial charge in [-0.3, -0.25) is 4.79 Å². The van der Waals surface area contributed by atoms with Crippen LogP contribution < -0.4 is 10.2 Å². The SMILES string of the molecule is CN(CCCNC(=O)Cc1ccc(C(F)(F)F)cc1)c1ccccc1. The normalized spacial score (nSPS) is 11.2. The summed E-state index contributed by atoms with van der Waals surface area (Å²) in [5.74, 6) is -0.192. The number of alkyl halides is 3. The van der Waals surface area contributed by atoms with Crippen molar-refractivity contribution in [2.75, 3.05) is 25.0 Å². The average molecular weight is 350 g/mol. The summed E-state index contributed by atoms with van der Waals surface area (Å²) in [5.41, 5.74) is 0.964. The Morgan fingerprint density at radius 1 is 1.04 bits per heavy atom. The highest BCUT2D eigenvalue weighted by Crippen LogP contribution is 2.29. The van der Waals surface area contributed by atoms with Crippen molar-refractivity contribution in [3.63, 3.8) is 0 Å². The molecular weight excluding hydrogens is 329 g/mol. The zero-order chi connectivity index (χ0) is 18.3. The van der Waals surface area contributed by atoms with E-state index in [1.54, 1.807) is 0 Å². The van der Waals surface area contributed by atoms with Crippen molar-refractivity contribution in [2.24, 2.45) is 0 Å². The minimum absolute atomic E-state index is 0.0761. The molecule has 25 heavy (non-hydrogen) atoms. The number of rotatable bonds is 7. The fraction of sp³-hybridized carbons (Fsp3) is 0.316. The van der Waals surface area contributed by atoms with Crippen LogP contribution in [0.15, 0.2) is 54.6 Å². The van der Waals surface area contributed by atoms with Gasteiger partial charge in [0.25, 0.3) is 0 Å². The first-order chi connectivity index (χ1) is 11.9. The van der Waals surface area contributed by atoms with Gasteiger partial charge in [0, 0.05) is 25.8 Å². The topological polar surface area (TPSA) is 32.3 Å². The summed E-state index contributed by atoms with van der Waals surface area (Å²) < 4.78 is 37.5. The number of hydrogen-bond donors (Lipinski definition) is 1. The molecule has 0 atom stereocenters. The Balaban J connectivity index is 1.70. The Morgan fingerprint density at radius 3 is 2.28 bits per heavy atom. The van der Waals surface area contributed by atoms with Crippen molar-refractivity contribution in [2.45, 2.75) is 19.0 Å². The van der Waals surface area contributed by atoms with Crippen molar-refractivity contribution < 1.29 is 18.0 Å². The van der Waals surface area contributed by atoms with E-state index in [-0.39, 0.29) is 12.3 Å². The second-order valence-corrected chi connectivity index (χ2v) is 5.83. The maximum absolute atomic E-state index is 12.5. The first-order valence-corrected chi connectivity index (χ1v) is 8.05. The van der Waals surface area contributed by atoms with Crippen LogP contribution in [0.4, 0.5) is 18.9 Å². The van der Waals surface area contributed by atoms with Gasteiger partial charge < -0.3 is 10.2 Å². The highest BCUT2D eigenvalue weighted by molar-refractivity contribution is 5.78. The molecule has 3 nitrogen and oxygen atoms in total. The number of carbonyl (C=O) groups excluding carboxylic acids is 1. The Labute approximate surface area is 145 Å². The number of anilines is 1. The molecule has 6 heteroatoms. The quantitative estimate of drug-likeness (QED) is 0.769. The lowest BCUT2D eigenvalue weighted by atomic mass is 10.1. The maximum Gasteiger partial charge on any atom is 0.416 e. The second-order valence-electron chi connectivity index (χ2n) is 5.83. The highest BCUT2D eigenvalue weighted by atomic mass is 19.4. The van der Waals surface area contributed by atoms with E-state index in [4.69, 9.17) is 0 Å². The van der Waals surface area contributed by atoms with Gasteiger partial charge in [-0.25, -0.2) is 0 Å². The molecule has 134 valence electrons. The third-order valence-corrected chi connectivity index (χ3v) is 3.84. The number of carbonyl (C=O) groups is 1. The van der Waals surface area contributed by atoms with Gasteiger partial charge in [-0.1, -0.05) is 30.3 Å². The van der Waals surface area contributed by atoms with Crippen LogP contribution in [-0.2, 0) is 17.4 Å². The highest BCUT2D eigenvalue weighted by Gasteiger charge is 2.29. The lowest BCUT2D eigenvalue weighted by Crippen LogP contribution is -2.29. The largest absolute Gasteiger partial charge is 0.416 e. The third-order valence-electron chi connectivity index (χ3n) is 3.84. The number of amides is 1. The predicted octanol–water partition coefficient (Wildman–Crippen LogP) is 3.89. The summed E-state index contributed by atoms with van der Waals surface area (Å²) in [4.78, 5) is 14.0. The summed E-state index contributed by atoms with van der Waals surface area (Å²) in [6, 6.07) is 14.6. The molecule has 0 saturated carbocycles. The molecule has 0 radical (unpaired) electrons. The Hall–Kier alpha value is -2.50. The van der Waals surface area contributed by atoms with E-state index < -0.39 is 11.7 Å². The van der Waals surface area contributed by atoms with Gasteiger partial charge in [-0.2, -0.15) is 13.2 Å². The zero-order valence-electron chi connectivity index (χ0n) is 14.0. The van der Waals surface area contributed by atoms with Crippen LogP contribution >= 0.6 is 0 Å². The third kappa shape index (κ3) is 6.14. The van der Waals surface area contributed by atoms with Crippen LogP contribution in [0.5, 0.6) is 0 Å². The average Bonchev–Trinajstić information content (AvgIpc) is 2.59. The van der Waals surface area contributed by atoms with Gasteiger partial charge in [0.05, 0.1) is 12.0 Å². The summed E-state index contributed by atoms with van der Waals surface area (Å²) in [6.45, 7) is 1.32. The molecule has 2 aromatic carbocycles. The Bertz CT molecular complexity index is 669. The summed E-state index contributed by atoms with van der Waals surface area (Å²) in [6.07, 6.45) is -3.50. The molecule has 2 rings (SSSR count). The van der Waals surface area contributed by atoms with Gasteiger partial charge >= 0.3 is 6.18 Å². The van der Waals surface area contributed by atoms with E-state index >= 15 is 0 Å². The molecule has 1 amide bonds. The molecule has 1 N–H and O–H groups in total. The van der Waals surface area contributed by atoms with Crippen LogP contribution in [0.3, 0.4) is 0 Å². The van der Waals surface area contributed by atoms with Crippen LogP contribution in [0, 0.1) is 0 Å². The van der Waals surface area contributed by atoms with Crippen LogP contribution in [0.25, 0.3) is 0 Å². The molecule has 0 unspecified atom stereocenters.